The number of rotatable bonds is 4. The van der Waals surface area contributed by atoms with Gasteiger partial charge in [-0.1, -0.05) is 0 Å². The summed E-state index contributed by atoms with van der Waals surface area (Å²) in [5.41, 5.74) is 1.05. The zero-order valence-electron chi connectivity index (χ0n) is 9.17. The number of aromatic nitrogens is 2. The molecule has 2 heterocycles. The Kier molecular flexibility index (Phi) is 3.34. The van der Waals surface area contributed by atoms with Crippen LogP contribution in [0.3, 0.4) is 0 Å². The molecular weight excluding hydrogens is 238 g/mol. The van der Waals surface area contributed by atoms with Gasteiger partial charge < -0.3 is 10.4 Å². The Labute approximate surface area is 102 Å². The monoisotopic (exact) mass is 249 g/mol. The number of hydrogen-bond acceptors (Lipinski definition) is 5. The molecule has 0 unspecified atom stereocenters. The van der Waals surface area contributed by atoms with Crippen LogP contribution in [-0.4, -0.2) is 21.0 Å². The van der Waals surface area contributed by atoms with Gasteiger partial charge in [0, 0.05) is 11.6 Å². The molecule has 6 heteroatoms. The molecule has 17 heavy (non-hydrogen) atoms. The fourth-order valence-electron chi connectivity index (χ4n) is 1.38. The molecule has 0 radical (unpaired) electrons. The van der Waals surface area contributed by atoms with Gasteiger partial charge in [-0.15, -0.1) is 11.3 Å². The summed E-state index contributed by atoms with van der Waals surface area (Å²) in [7, 11) is 0. The van der Waals surface area contributed by atoms with Gasteiger partial charge in [-0.05, 0) is 19.1 Å². The summed E-state index contributed by atoms with van der Waals surface area (Å²) in [5, 5.41) is 14.9. The summed E-state index contributed by atoms with van der Waals surface area (Å²) in [6.45, 7) is 2.40. The Bertz CT molecular complexity index is 539. The highest BCUT2D eigenvalue weighted by Crippen LogP contribution is 2.14. The van der Waals surface area contributed by atoms with Gasteiger partial charge in [0.2, 0.25) is 0 Å². The first-order chi connectivity index (χ1) is 8.16. The Morgan fingerprint density at radius 2 is 2.41 bits per heavy atom. The number of thiazole rings is 1. The van der Waals surface area contributed by atoms with Gasteiger partial charge in [-0.2, -0.15) is 0 Å². The van der Waals surface area contributed by atoms with Crippen molar-refractivity contribution in [3.8, 4) is 0 Å². The molecule has 5 nitrogen and oxygen atoms in total. The molecule has 0 atom stereocenters. The van der Waals surface area contributed by atoms with Crippen LogP contribution in [0, 0.1) is 6.92 Å². The van der Waals surface area contributed by atoms with Crippen molar-refractivity contribution >= 4 is 23.1 Å². The Morgan fingerprint density at radius 1 is 1.59 bits per heavy atom. The first-order valence-corrected chi connectivity index (χ1v) is 5.88. The molecular formula is C11H11N3O2S. The first-order valence-electron chi connectivity index (χ1n) is 5.00. The molecule has 2 N–H and O–H groups in total. The summed E-state index contributed by atoms with van der Waals surface area (Å²) >= 11 is 1.56. The predicted molar refractivity (Wildman–Crippen MR) is 65.4 cm³/mol. The van der Waals surface area contributed by atoms with Crippen LogP contribution in [0.25, 0.3) is 0 Å². The van der Waals surface area contributed by atoms with E-state index in [0.29, 0.717) is 12.4 Å². The number of anilines is 1. The number of carboxylic acid groups (broad SMARTS) is 1. The minimum atomic E-state index is -0.991. The largest absolute Gasteiger partial charge is 0.478 e. The van der Waals surface area contributed by atoms with Crippen LogP contribution in [0.5, 0.6) is 0 Å². The second-order valence-electron chi connectivity index (χ2n) is 3.42. The SMILES string of the molecule is Cc1nc(CNc2ncccc2C(=O)O)cs1. The van der Waals surface area contributed by atoms with Crippen molar-refractivity contribution in [2.75, 3.05) is 5.32 Å². The van der Waals surface area contributed by atoms with Gasteiger partial charge in [0.15, 0.2) is 0 Å². The lowest BCUT2D eigenvalue weighted by Crippen LogP contribution is -2.08. The molecule has 0 saturated carbocycles. The highest BCUT2D eigenvalue weighted by Gasteiger charge is 2.10. The Hall–Kier alpha value is -1.95. The van der Waals surface area contributed by atoms with Crippen molar-refractivity contribution in [3.05, 3.63) is 40.0 Å². The summed E-state index contributed by atoms with van der Waals surface area (Å²) in [4.78, 5) is 19.2. The third-order valence-electron chi connectivity index (χ3n) is 2.14. The minimum absolute atomic E-state index is 0.166. The number of carbonyl (C=O) groups is 1. The van der Waals surface area contributed by atoms with Gasteiger partial charge in [0.25, 0.3) is 0 Å². The number of nitrogens with zero attached hydrogens (tertiary/aromatic N) is 2. The summed E-state index contributed by atoms with van der Waals surface area (Å²) < 4.78 is 0. The zero-order valence-corrected chi connectivity index (χ0v) is 9.99. The molecule has 2 rings (SSSR count). The van der Waals surface area contributed by atoms with Gasteiger partial charge in [0.05, 0.1) is 17.2 Å². The molecule has 2 aromatic rings. The maximum absolute atomic E-state index is 10.9. The number of nitrogens with one attached hydrogen (secondary N) is 1. The van der Waals surface area contributed by atoms with E-state index in [4.69, 9.17) is 5.11 Å². The third-order valence-corrected chi connectivity index (χ3v) is 2.96. The van der Waals surface area contributed by atoms with Crippen molar-refractivity contribution in [3.63, 3.8) is 0 Å². The molecule has 0 saturated heterocycles. The smallest absolute Gasteiger partial charge is 0.339 e. The van der Waals surface area contributed by atoms with E-state index in [-0.39, 0.29) is 5.56 Å². The highest BCUT2D eigenvalue weighted by atomic mass is 32.1. The van der Waals surface area contributed by atoms with Gasteiger partial charge in [-0.3, -0.25) is 0 Å². The van der Waals surface area contributed by atoms with Crippen LogP contribution in [0.2, 0.25) is 0 Å². The normalized spacial score (nSPS) is 10.2. The Balaban J connectivity index is 2.11. The predicted octanol–water partition coefficient (Wildman–Crippen LogP) is 2.16. The van der Waals surface area contributed by atoms with E-state index in [9.17, 15) is 4.79 Å². The quantitative estimate of drug-likeness (QED) is 0.868. The number of aromatic carboxylic acids is 1. The highest BCUT2D eigenvalue weighted by molar-refractivity contribution is 7.09. The second kappa shape index (κ2) is 4.92. The number of carboxylic acids is 1. The third kappa shape index (κ3) is 2.79. The van der Waals surface area contributed by atoms with Crippen molar-refractivity contribution in [1.29, 1.82) is 0 Å². The zero-order chi connectivity index (χ0) is 12.3. The van der Waals surface area contributed by atoms with E-state index in [2.05, 4.69) is 15.3 Å². The van der Waals surface area contributed by atoms with Crippen LogP contribution in [-0.2, 0) is 6.54 Å². The fourth-order valence-corrected chi connectivity index (χ4v) is 2.00. The van der Waals surface area contributed by atoms with E-state index in [0.717, 1.165) is 10.7 Å². The van der Waals surface area contributed by atoms with Crippen molar-refractivity contribution in [2.45, 2.75) is 13.5 Å². The van der Waals surface area contributed by atoms with Crippen LogP contribution < -0.4 is 5.32 Å². The maximum atomic E-state index is 10.9. The van der Waals surface area contributed by atoms with E-state index in [1.54, 1.807) is 23.6 Å². The van der Waals surface area contributed by atoms with E-state index in [1.165, 1.54) is 6.07 Å². The topological polar surface area (TPSA) is 75.1 Å². The van der Waals surface area contributed by atoms with Crippen molar-refractivity contribution < 1.29 is 9.90 Å². The first kappa shape index (κ1) is 11.5. The molecule has 0 bridgehead atoms. The summed E-state index contributed by atoms with van der Waals surface area (Å²) in [6, 6.07) is 3.12. The number of aryl methyl sites for hydroxylation is 1. The average molecular weight is 249 g/mol. The average Bonchev–Trinajstić information content (AvgIpc) is 2.73. The molecule has 0 aromatic carbocycles. The van der Waals surface area contributed by atoms with Crippen molar-refractivity contribution in [1.82, 2.24) is 9.97 Å². The second-order valence-corrected chi connectivity index (χ2v) is 4.48. The lowest BCUT2D eigenvalue weighted by molar-refractivity contribution is 0.0697. The minimum Gasteiger partial charge on any atom is -0.478 e. The standard InChI is InChI=1S/C11H11N3O2S/c1-7-14-8(6-17-7)5-13-10-9(11(15)16)3-2-4-12-10/h2-4,6H,5H2,1H3,(H,12,13)(H,15,16). The molecule has 88 valence electrons. The molecule has 0 amide bonds. The van der Waals surface area contributed by atoms with E-state index >= 15 is 0 Å². The lowest BCUT2D eigenvalue weighted by Gasteiger charge is -2.06. The molecule has 0 aliphatic heterocycles. The number of pyridine rings is 1. The van der Waals surface area contributed by atoms with Gasteiger partial charge in [0.1, 0.15) is 11.4 Å². The van der Waals surface area contributed by atoms with Crippen molar-refractivity contribution in [2.24, 2.45) is 0 Å². The van der Waals surface area contributed by atoms with Crippen LogP contribution in [0.4, 0.5) is 5.82 Å². The summed E-state index contributed by atoms with van der Waals surface area (Å²) in [6.07, 6.45) is 1.56. The molecule has 2 aromatic heterocycles. The maximum Gasteiger partial charge on any atom is 0.339 e. The molecule has 0 fully saturated rings. The van der Waals surface area contributed by atoms with Gasteiger partial charge >= 0.3 is 5.97 Å². The summed E-state index contributed by atoms with van der Waals surface area (Å²) in [5.74, 6) is -0.624. The van der Waals surface area contributed by atoms with E-state index < -0.39 is 5.97 Å². The van der Waals surface area contributed by atoms with Crippen LogP contribution >= 0.6 is 11.3 Å². The van der Waals surface area contributed by atoms with E-state index in [1.807, 2.05) is 12.3 Å². The fraction of sp³-hybridized carbons (Fsp3) is 0.182. The van der Waals surface area contributed by atoms with Crippen LogP contribution in [0.15, 0.2) is 23.7 Å². The van der Waals surface area contributed by atoms with Crippen LogP contribution in [0.1, 0.15) is 21.1 Å². The van der Waals surface area contributed by atoms with Gasteiger partial charge in [-0.25, -0.2) is 14.8 Å². The number of hydrogen-bond donors (Lipinski definition) is 2. The Morgan fingerprint density at radius 3 is 3.06 bits per heavy atom. The molecule has 0 aliphatic carbocycles. The molecule has 0 spiro atoms. The molecule has 0 aliphatic rings. The lowest BCUT2D eigenvalue weighted by atomic mass is 10.2.